The molecule has 2 heteroatoms. The molecule has 100 valence electrons. The Morgan fingerprint density at radius 3 is 2.55 bits per heavy atom. The molecule has 0 N–H and O–H groups in total. The van der Waals surface area contributed by atoms with Gasteiger partial charge in [-0.1, -0.05) is 49.0 Å². The van der Waals surface area contributed by atoms with Gasteiger partial charge in [0.05, 0.1) is 6.54 Å². The van der Waals surface area contributed by atoms with E-state index in [1.54, 1.807) is 0 Å². The van der Waals surface area contributed by atoms with Gasteiger partial charge in [0.2, 0.25) is 5.90 Å². The number of hydrogen-bond donors (Lipinski definition) is 0. The van der Waals surface area contributed by atoms with Gasteiger partial charge in [-0.2, -0.15) is 0 Å². The van der Waals surface area contributed by atoms with E-state index in [1.807, 2.05) is 42.5 Å². The molecule has 1 aliphatic rings. The first-order valence-electron chi connectivity index (χ1n) is 6.77. The Hall–Kier alpha value is -2.35. The summed E-state index contributed by atoms with van der Waals surface area (Å²) in [5.74, 6) is 0.713. The van der Waals surface area contributed by atoms with E-state index in [1.165, 1.54) is 5.56 Å². The summed E-state index contributed by atoms with van der Waals surface area (Å²) in [5.41, 5.74) is 4.39. The molecule has 3 rings (SSSR count). The van der Waals surface area contributed by atoms with Crippen molar-refractivity contribution in [2.45, 2.75) is 13.0 Å². The smallest absolute Gasteiger partial charge is 0.216 e. The Kier molecular flexibility index (Phi) is 3.38. The third-order valence-electron chi connectivity index (χ3n) is 3.56. The van der Waals surface area contributed by atoms with Gasteiger partial charge in [0.1, 0.15) is 6.10 Å². The first-order valence-corrected chi connectivity index (χ1v) is 6.77. The van der Waals surface area contributed by atoms with Crippen molar-refractivity contribution in [1.82, 2.24) is 0 Å². The van der Waals surface area contributed by atoms with E-state index in [2.05, 4.69) is 30.6 Å². The second kappa shape index (κ2) is 5.33. The summed E-state index contributed by atoms with van der Waals surface area (Å²) in [6.45, 7) is 6.93. The first-order chi connectivity index (χ1) is 9.75. The molecule has 0 radical (unpaired) electrons. The topological polar surface area (TPSA) is 21.6 Å². The van der Waals surface area contributed by atoms with E-state index in [9.17, 15) is 0 Å². The zero-order valence-corrected chi connectivity index (χ0v) is 11.5. The maximum Gasteiger partial charge on any atom is 0.216 e. The highest BCUT2D eigenvalue weighted by Gasteiger charge is 2.24. The zero-order valence-electron chi connectivity index (χ0n) is 11.5. The molecule has 0 saturated carbocycles. The lowest BCUT2D eigenvalue weighted by molar-refractivity contribution is 0.284. The molecular formula is C18H17NO. The SMILES string of the molecule is C=C(c1ccccc1C)C1CN=C(c2ccccc2)O1. The quantitative estimate of drug-likeness (QED) is 0.824. The van der Waals surface area contributed by atoms with Crippen molar-refractivity contribution in [3.63, 3.8) is 0 Å². The molecule has 2 nitrogen and oxygen atoms in total. The lowest BCUT2D eigenvalue weighted by Gasteiger charge is -2.16. The van der Waals surface area contributed by atoms with E-state index < -0.39 is 0 Å². The van der Waals surface area contributed by atoms with Gasteiger partial charge in [0.25, 0.3) is 0 Å². The highest BCUT2D eigenvalue weighted by Crippen LogP contribution is 2.26. The first kappa shape index (κ1) is 12.7. The summed E-state index contributed by atoms with van der Waals surface area (Å²) in [6.07, 6.45) is -0.0636. The van der Waals surface area contributed by atoms with Crippen molar-refractivity contribution in [3.05, 3.63) is 77.9 Å². The minimum Gasteiger partial charge on any atom is -0.467 e. The second-order valence-electron chi connectivity index (χ2n) is 4.96. The number of rotatable bonds is 3. The van der Waals surface area contributed by atoms with E-state index in [0.29, 0.717) is 12.4 Å². The molecule has 0 aliphatic carbocycles. The monoisotopic (exact) mass is 263 g/mol. The average Bonchev–Trinajstić information content (AvgIpc) is 2.98. The maximum absolute atomic E-state index is 5.97. The highest BCUT2D eigenvalue weighted by molar-refractivity contribution is 5.96. The fraction of sp³-hybridized carbons (Fsp3) is 0.167. The molecule has 0 aromatic heterocycles. The maximum atomic E-state index is 5.97. The van der Waals surface area contributed by atoms with Crippen molar-refractivity contribution in [2.24, 2.45) is 4.99 Å². The molecule has 1 unspecified atom stereocenters. The summed E-state index contributed by atoms with van der Waals surface area (Å²) in [7, 11) is 0. The Labute approximate surface area is 119 Å². The van der Waals surface area contributed by atoms with Crippen LogP contribution in [0, 0.1) is 6.92 Å². The molecule has 1 heterocycles. The largest absolute Gasteiger partial charge is 0.467 e. The van der Waals surface area contributed by atoms with Crippen molar-refractivity contribution in [3.8, 4) is 0 Å². The summed E-state index contributed by atoms with van der Waals surface area (Å²) in [6, 6.07) is 18.2. The average molecular weight is 263 g/mol. The number of ether oxygens (including phenoxy) is 1. The van der Waals surface area contributed by atoms with E-state index >= 15 is 0 Å². The molecule has 0 amide bonds. The number of hydrogen-bond acceptors (Lipinski definition) is 2. The zero-order chi connectivity index (χ0) is 13.9. The van der Waals surface area contributed by atoms with E-state index in [-0.39, 0.29) is 6.10 Å². The van der Waals surface area contributed by atoms with E-state index in [4.69, 9.17) is 4.74 Å². The molecular weight excluding hydrogens is 246 g/mol. The van der Waals surface area contributed by atoms with Crippen molar-refractivity contribution in [1.29, 1.82) is 0 Å². The number of aliphatic imine (C=N–C) groups is 1. The van der Waals surface area contributed by atoms with Gasteiger partial charge < -0.3 is 4.74 Å². The van der Waals surface area contributed by atoms with Crippen molar-refractivity contribution in [2.75, 3.05) is 6.54 Å². The number of nitrogens with zero attached hydrogens (tertiary/aromatic N) is 1. The summed E-state index contributed by atoms with van der Waals surface area (Å²) in [4.78, 5) is 4.50. The van der Waals surface area contributed by atoms with Crippen LogP contribution in [0.4, 0.5) is 0 Å². The van der Waals surface area contributed by atoms with Gasteiger partial charge in [0.15, 0.2) is 0 Å². The minimum atomic E-state index is -0.0636. The fourth-order valence-electron chi connectivity index (χ4n) is 2.40. The number of benzene rings is 2. The molecule has 0 spiro atoms. The van der Waals surface area contributed by atoms with E-state index in [0.717, 1.165) is 16.7 Å². The van der Waals surface area contributed by atoms with Crippen LogP contribution in [0.5, 0.6) is 0 Å². The Bertz CT molecular complexity index is 658. The summed E-state index contributed by atoms with van der Waals surface area (Å²) in [5, 5.41) is 0. The van der Waals surface area contributed by atoms with Crippen LogP contribution in [0.15, 0.2) is 66.2 Å². The second-order valence-corrected chi connectivity index (χ2v) is 4.96. The molecule has 0 saturated heterocycles. The van der Waals surface area contributed by atoms with Crippen LogP contribution in [0.1, 0.15) is 16.7 Å². The molecule has 0 fully saturated rings. The van der Waals surface area contributed by atoms with Gasteiger partial charge in [-0.05, 0) is 35.8 Å². The lowest BCUT2D eigenvalue weighted by Crippen LogP contribution is -2.15. The van der Waals surface area contributed by atoms with Crippen molar-refractivity contribution < 1.29 is 4.74 Å². The standard InChI is InChI=1S/C18H17NO/c1-13-8-6-7-11-16(13)14(2)17-12-19-18(20-17)15-9-4-3-5-10-15/h3-11,17H,2,12H2,1H3. The molecule has 20 heavy (non-hydrogen) atoms. The summed E-state index contributed by atoms with van der Waals surface area (Å²) >= 11 is 0. The van der Waals surface area contributed by atoms with Crippen LogP contribution < -0.4 is 0 Å². The van der Waals surface area contributed by atoms with Crippen molar-refractivity contribution >= 4 is 11.5 Å². The van der Waals surface area contributed by atoms with Crippen LogP contribution in [0.3, 0.4) is 0 Å². The van der Waals surface area contributed by atoms with Gasteiger partial charge in [-0.25, -0.2) is 4.99 Å². The number of aryl methyl sites for hydroxylation is 1. The predicted molar refractivity (Wildman–Crippen MR) is 82.9 cm³/mol. The van der Waals surface area contributed by atoms with Crippen LogP contribution in [0.2, 0.25) is 0 Å². The van der Waals surface area contributed by atoms with Gasteiger partial charge in [-0.15, -0.1) is 0 Å². The van der Waals surface area contributed by atoms with Crippen LogP contribution in [-0.4, -0.2) is 18.5 Å². The summed E-state index contributed by atoms with van der Waals surface area (Å²) < 4.78 is 5.97. The normalized spacial score (nSPS) is 17.4. The third kappa shape index (κ3) is 2.37. The van der Waals surface area contributed by atoms with Crippen LogP contribution in [0.25, 0.3) is 5.57 Å². The Balaban J connectivity index is 1.77. The fourth-order valence-corrected chi connectivity index (χ4v) is 2.40. The minimum absolute atomic E-state index is 0.0636. The third-order valence-corrected chi connectivity index (χ3v) is 3.56. The highest BCUT2D eigenvalue weighted by atomic mass is 16.5. The van der Waals surface area contributed by atoms with Crippen LogP contribution >= 0.6 is 0 Å². The molecule has 2 aromatic carbocycles. The van der Waals surface area contributed by atoms with Gasteiger partial charge >= 0.3 is 0 Å². The lowest BCUT2D eigenvalue weighted by atomic mass is 9.98. The van der Waals surface area contributed by atoms with Gasteiger partial charge in [0, 0.05) is 5.56 Å². The molecule has 2 aromatic rings. The Morgan fingerprint density at radius 2 is 1.80 bits per heavy atom. The molecule has 1 aliphatic heterocycles. The predicted octanol–water partition coefficient (Wildman–Crippen LogP) is 3.85. The van der Waals surface area contributed by atoms with Gasteiger partial charge in [-0.3, -0.25) is 0 Å². The molecule has 0 bridgehead atoms. The molecule has 1 atom stereocenters. The van der Waals surface area contributed by atoms with Crippen LogP contribution in [-0.2, 0) is 4.74 Å². The Morgan fingerprint density at radius 1 is 1.10 bits per heavy atom.